The van der Waals surface area contributed by atoms with Gasteiger partial charge < -0.3 is 20.4 Å². The third kappa shape index (κ3) is 9.42. The highest BCUT2D eigenvalue weighted by Crippen LogP contribution is 2.17. The maximum Gasteiger partial charge on any atom is 0.220 e. The zero-order chi connectivity index (χ0) is 15.8. The summed E-state index contributed by atoms with van der Waals surface area (Å²) in [5.41, 5.74) is 0. The topological polar surface area (TPSA) is 47.6 Å². The highest BCUT2D eigenvalue weighted by molar-refractivity contribution is 5.85. The molecule has 0 aliphatic carbocycles. The third-order valence-electron chi connectivity index (χ3n) is 5.10. The Morgan fingerprint density at radius 2 is 1.88 bits per heavy atom. The Kier molecular flexibility index (Phi) is 13.1. The van der Waals surface area contributed by atoms with Crippen LogP contribution in [0.3, 0.4) is 0 Å². The van der Waals surface area contributed by atoms with Crippen LogP contribution in [0.25, 0.3) is 0 Å². The number of piperidine rings is 1. The van der Waals surface area contributed by atoms with Gasteiger partial charge in [-0.2, -0.15) is 0 Å². The molecule has 0 radical (unpaired) electrons. The van der Waals surface area contributed by atoms with Gasteiger partial charge >= 0.3 is 0 Å². The van der Waals surface area contributed by atoms with Crippen LogP contribution in [0.15, 0.2) is 0 Å². The van der Waals surface area contributed by atoms with Crippen molar-refractivity contribution in [3.63, 3.8) is 0 Å². The lowest BCUT2D eigenvalue weighted by Gasteiger charge is -2.32. The smallest absolute Gasteiger partial charge is 0.220 e. The molecule has 2 saturated heterocycles. The van der Waals surface area contributed by atoms with Crippen LogP contribution in [0, 0.1) is 11.8 Å². The predicted molar refractivity (Wildman–Crippen MR) is 105 cm³/mol. The number of carbonyl (C=O) groups is 1. The highest BCUT2D eigenvalue weighted by atomic mass is 35.5. The van der Waals surface area contributed by atoms with Gasteiger partial charge in [0, 0.05) is 26.1 Å². The Morgan fingerprint density at radius 3 is 2.46 bits per heavy atom. The largest absolute Gasteiger partial charge is 0.356 e. The van der Waals surface area contributed by atoms with Gasteiger partial charge in [-0.05, 0) is 77.8 Å². The molecular formula is C17H36Cl2N4O. The molecule has 1 amide bonds. The molecule has 144 valence electrons. The number of nitrogens with zero attached hydrogens (tertiary/aromatic N) is 2. The van der Waals surface area contributed by atoms with E-state index in [0.29, 0.717) is 18.3 Å². The van der Waals surface area contributed by atoms with Gasteiger partial charge in [-0.15, -0.1) is 24.8 Å². The lowest BCUT2D eigenvalue weighted by molar-refractivity contribution is -0.121. The van der Waals surface area contributed by atoms with Gasteiger partial charge in [0.05, 0.1) is 0 Å². The second-order valence-electron chi connectivity index (χ2n) is 7.29. The lowest BCUT2D eigenvalue weighted by Crippen LogP contribution is -2.41. The van der Waals surface area contributed by atoms with Crippen molar-refractivity contribution >= 4 is 30.7 Å². The van der Waals surface area contributed by atoms with Crippen molar-refractivity contribution in [2.24, 2.45) is 11.8 Å². The summed E-state index contributed by atoms with van der Waals surface area (Å²) in [4.78, 5) is 16.7. The van der Waals surface area contributed by atoms with E-state index >= 15 is 0 Å². The zero-order valence-electron chi connectivity index (χ0n) is 15.3. The van der Waals surface area contributed by atoms with Gasteiger partial charge in [-0.3, -0.25) is 4.79 Å². The first-order valence-corrected chi connectivity index (χ1v) is 8.98. The summed E-state index contributed by atoms with van der Waals surface area (Å²) in [6.45, 7) is 7.77. The summed E-state index contributed by atoms with van der Waals surface area (Å²) in [6, 6.07) is 0. The molecule has 7 heteroatoms. The SMILES string of the molecule is CN(C)CCN1CCC(CNC(=O)CCC2CCNC2)CC1.Cl.Cl. The number of halogens is 2. The molecule has 5 nitrogen and oxygen atoms in total. The first kappa shape index (κ1) is 23.9. The minimum Gasteiger partial charge on any atom is -0.356 e. The number of nitrogens with one attached hydrogen (secondary N) is 2. The molecule has 2 heterocycles. The van der Waals surface area contributed by atoms with Gasteiger partial charge in [0.15, 0.2) is 0 Å². The van der Waals surface area contributed by atoms with Gasteiger partial charge in [-0.1, -0.05) is 0 Å². The molecule has 1 atom stereocenters. The summed E-state index contributed by atoms with van der Waals surface area (Å²) in [6.07, 6.45) is 5.43. The summed E-state index contributed by atoms with van der Waals surface area (Å²) in [5.74, 6) is 1.64. The van der Waals surface area contributed by atoms with E-state index in [-0.39, 0.29) is 30.7 Å². The van der Waals surface area contributed by atoms with Crippen LogP contribution >= 0.6 is 24.8 Å². The van der Waals surface area contributed by atoms with Crippen LogP contribution in [0.2, 0.25) is 0 Å². The van der Waals surface area contributed by atoms with Crippen LogP contribution in [0.1, 0.15) is 32.1 Å². The van der Waals surface area contributed by atoms with Crippen LogP contribution in [-0.2, 0) is 4.79 Å². The van der Waals surface area contributed by atoms with Crippen LogP contribution in [-0.4, -0.2) is 75.6 Å². The van der Waals surface area contributed by atoms with Crippen molar-refractivity contribution in [1.29, 1.82) is 0 Å². The second-order valence-corrected chi connectivity index (χ2v) is 7.29. The lowest BCUT2D eigenvalue weighted by atomic mass is 9.96. The standard InChI is InChI=1S/C17H34N4O.2ClH/c1-20(2)11-12-21-9-6-16(7-10-21)14-19-17(22)4-3-15-5-8-18-13-15;;/h15-16,18H,3-14H2,1-2H3,(H,19,22);2*1H. The van der Waals surface area contributed by atoms with Crippen LogP contribution in [0.4, 0.5) is 0 Å². The fraction of sp³-hybridized carbons (Fsp3) is 0.941. The van der Waals surface area contributed by atoms with Crippen molar-refractivity contribution in [2.75, 3.05) is 59.9 Å². The quantitative estimate of drug-likeness (QED) is 0.669. The predicted octanol–water partition coefficient (Wildman–Crippen LogP) is 1.61. The third-order valence-corrected chi connectivity index (χ3v) is 5.10. The Balaban J connectivity index is 0.00000264. The van der Waals surface area contributed by atoms with Crippen LogP contribution < -0.4 is 10.6 Å². The molecule has 0 aromatic rings. The average molecular weight is 383 g/mol. The first-order chi connectivity index (χ1) is 10.6. The van der Waals surface area contributed by atoms with Crippen LogP contribution in [0.5, 0.6) is 0 Å². The Morgan fingerprint density at radius 1 is 1.17 bits per heavy atom. The minimum atomic E-state index is 0. The fourth-order valence-corrected chi connectivity index (χ4v) is 3.40. The molecule has 0 bridgehead atoms. The van der Waals surface area contributed by atoms with E-state index in [4.69, 9.17) is 0 Å². The van der Waals surface area contributed by atoms with Gasteiger partial charge in [0.2, 0.25) is 5.91 Å². The van der Waals surface area contributed by atoms with E-state index in [2.05, 4.69) is 34.5 Å². The van der Waals surface area contributed by atoms with E-state index < -0.39 is 0 Å². The van der Waals surface area contributed by atoms with E-state index in [1.807, 2.05) is 0 Å². The number of hydrogen-bond acceptors (Lipinski definition) is 4. The number of rotatable bonds is 8. The number of carbonyl (C=O) groups excluding carboxylic acids is 1. The van der Waals surface area contributed by atoms with E-state index in [1.54, 1.807) is 0 Å². The zero-order valence-corrected chi connectivity index (χ0v) is 16.9. The Labute approximate surface area is 160 Å². The molecule has 2 N–H and O–H groups in total. The Bertz CT molecular complexity index is 331. The summed E-state index contributed by atoms with van der Waals surface area (Å²) >= 11 is 0. The summed E-state index contributed by atoms with van der Waals surface area (Å²) < 4.78 is 0. The molecule has 2 aliphatic rings. The number of likely N-dealkylation sites (tertiary alicyclic amines) is 1. The first-order valence-electron chi connectivity index (χ1n) is 8.98. The van der Waals surface area contributed by atoms with E-state index in [1.165, 1.54) is 38.9 Å². The van der Waals surface area contributed by atoms with Gasteiger partial charge in [-0.25, -0.2) is 0 Å². The molecule has 0 saturated carbocycles. The molecular weight excluding hydrogens is 347 g/mol. The molecule has 2 fully saturated rings. The molecule has 0 spiro atoms. The van der Waals surface area contributed by atoms with Crippen molar-refractivity contribution in [2.45, 2.75) is 32.1 Å². The molecule has 1 unspecified atom stereocenters. The Hall–Kier alpha value is -0.0700. The summed E-state index contributed by atoms with van der Waals surface area (Å²) in [7, 11) is 4.26. The van der Waals surface area contributed by atoms with Crippen molar-refractivity contribution in [1.82, 2.24) is 20.4 Å². The van der Waals surface area contributed by atoms with Gasteiger partial charge in [0.25, 0.3) is 0 Å². The summed E-state index contributed by atoms with van der Waals surface area (Å²) in [5, 5.41) is 6.52. The molecule has 0 aromatic carbocycles. The van der Waals surface area contributed by atoms with Gasteiger partial charge in [0.1, 0.15) is 0 Å². The minimum absolute atomic E-state index is 0. The van der Waals surface area contributed by atoms with Crippen molar-refractivity contribution < 1.29 is 4.79 Å². The normalized spacial score (nSPS) is 22.0. The highest BCUT2D eigenvalue weighted by Gasteiger charge is 2.20. The van der Waals surface area contributed by atoms with E-state index in [0.717, 1.165) is 32.6 Å². The van der Waals surface area contributed by atoms with E-state index in [9.17, 15) is 4.79 Å². The second kappa shape index (κ2) is 13.2. The average Bonchev–Trinajstić information content (AvgIpc) is 3.03. The van der Waals surface area contributed by atoms with Crippen molar-refractivity contribution in [3.05, 3.63) is 0 Å². The molecule has 24 heavy (non-hydrogen) atoms. The fourth-order valence-electron chi connectivity index (χ4n) is 3.40. The molecule has 0 aromatic heterocycles. The molecule has 2 aliphatic heterocycles. The maximum atomic E-state index is 11.9. The monoisotopic (exact) mass is 382 g/mol. The number of amides is 1. The maximum absolute atomic E-state index is 11.9. The van der Waals surface area contributed by atoms with Crippen molar-refractivity contribution in [3.8, 4) is 0 Å². The number of hydrogen-bond donors (Lipinski definition) is 2. The number of likely N-dealkylation sites (N-methyl/N-ethyl adjacent to an activating group) is 1. The molecule has 2 rings (SSSR count).